The molecule has 3 rings (SSSR count). The van der Waals surface area contributed by atoms with Gasteiger partial charge in [0.1, 0.15) is 12.4 Å². The fourth-order valence-electron chi connectivity index (χ4n) is 2.39. The van der Waals surface area contributed by atoms with Crippen molar-refractivity contribution in [3.8, 4) is 5.75 Å². The minimum Gasteiger partial charge on any atom is -0.486 e. The largest absolute Gasteiger partial charge is 0.486 e. The zero-order chi connectivity index (χ0) is 15.9. The van der Waals surface area contributed by atoms with Gasteiger partial charge in [-0.15, -0.1) is 0 Å². The molecule has 1 saturated heterocycles. The highest BCUT2D eigenvalue weighted by atomic mass is 16.5. The van der Waals surface area contributed by atoms with E-state index >= 15 is 0 Å². The van der Waals surface area contributed by atoms with Gasteiger partial charge in [0.05, 0.1) is 12.5 Å². The Balaban J connectivity index is 1.42. The molecule has 23 heavy (non-hydrogen) atoms. The molecule has 0 aliphatic carbocycles. The van der Waals surface area contributed by atoms with Crippen molar-refractivity contribution in [1.29, 1.82) is 0 Å². The quantitative estimate of drug-likeness (QED) is 0.802. The number of benzene rings is 1. The minimum atomic E-state index is -0.102. The number of aromatic nitrogens is 3. The first-order valence-electron chi connectivity index (χ1n) is 7.76. The third-order valence-corrected chi connectivity index (χ3v) is 3.57. The number of nitrogens with one attached hydrogen (secondary N) is 2. The Hall–Kier alpha value is -2.41. The first-order chi connectivity index (χ1) is 11.3. The van der Waals surface area contributed by atoms with Gasteiger partial charge >= 0.3 is 0 Å². The molecule has 1 amide bonds. The molecule has 1 aliphatic heterocycles. The van der Waals surface area contributed by atoms with E-state index in [9.17, 15) is 4.79 Å². The minimum absolute atomic E-state index is 0.102. The molecule has 1 unspecified atom stereocenters. The molecular formula is C16H20N4O3. The van der Waals surface area contributed by atoms with Gasteiger partial charge in [-0.05, 0) is 25.0 Å². The van der Waals surface area contributed by atoms with Crippen LogP contribution in [0.4, 0.5) is 0 Å². The van der Waals surface area contributed by atoms with Gasteiger partial charge in [-0.25, -0.2) is 4.98 Å². The fourth-order valence-corrected chi connectivity index (χ4v) is 2.39. The molecular weight excluding hydrogens is 296 g/mol. The first kappa shape index (κ1) is 15.5. The second-order valence-electron chi connectivity index (χ2n) is 5.42. The summed E-state index contributed by atoms with van der Waals surface area (Å²) in [6.07, 6.45) is 2.35. The third kappa shape index (κ3) is 4.79. The number of amides is 1. The van der Waals surface area contributed by atoms with Crippen LogP contribution >= 0.6 is 0 Å². The number of nitrogens with zero attached hydrogens (tertiary/aromatic N) is 2. The van der Waals surface area contributed by atoms with Crippen molar-refractivity contribution in [1.82, 2.24) is 20.5 Å². The van der Waals surface area contributed by atoms with E-state index in [1.807, 2.05) is 30.3 Å². The lowest BCUT2D eigenvalue weighted by atomic mass is 10.2. The number of aromatic amines is 1. The molecule has 1 aromatic heterocycles. The molecule has 7 heteroatoms. The predicted molar refractivity (Wildman–Crippen MR) is 82.8 cm³/mol. The van der Waals surface area contributed by atoms with Crippen molar-refractivity contribution < 1.29 is 14.3 Å². The highest BCUT2D eigenvalue weighted by Crippen LogP contribution is 2.11. The fraction of sp³-hybridized carbons (Fsp3) is 0.438. The van der Waals surface area contributed by atoms with Crippen LogP contribution in [0.1, 0.15) is 24.5 Å². The van der Waals surface area contributed by atoms with Crippen LogP contribution in [0.5, 0.6) is 5.75 Å². The van der Waals surface area contributed by atoms with Crippen LogP contribution in [0.15, 0.2) is 30.3 Å². The highest BCUT2D eigenvalue weighted by Gasteiger charge is 2.17. The molecule has 0 radical (unpaired) electrons. The van der Waals surface area contributed by atoms with Gasteiger partial charge in [-0.1, -0.05) is 18.2 Å². The lowest BCUT2D eigenvalue weighted by Crippen LogP contribution is -2.33. The second kappa shape index (κ2) is 7.73. The lowest BCUT2D eigenvalue weighted by molar-refractivity contribution is -0.121. The number of carbonyl (C=O) groups excluding carboxylic acids is 1. The molecule has 1 fully saturated rings. The van der Waals surface area contributed by atoms with Crippen molar-refractivity contribution in [3.63, 3.8) is 0 Å². The Morgan fingerprint density at radius 1 is 1.39 bits per heavy atom. The van der Waals surface area contributed by atoms with E-state index in [-0.39, 0.29) is 25.0 Å². The molecule has 0 saturated carbocycles. The standard InChI is InChI=1S/C16H20N4O3/c21-16(17-10-13-7-4-8-22-13)9-14-18-15(20-19-14)11-23-12-5-2-1-3-6-12/h1-3,5-6,13H,4,7-11H2,(H,17,21)(H,18,19,20). The molecule has 2 heterocycles. The number of hydrogen-bond donors (Lipinski definition) is 2. The SMILES string of the molecule is O=C(Cc1n[nH]c(COc2ccccc2)n1)NCC1CCCO1. The Morgan fingerprint density at radius 2 is 2.26 bits per heavy atom. The van der Waals surface area contributed by atoms with Crippen LogP contribution in [0, 0.1) is 0 Å². The summed E-state index contributed by atoms with van der Waals surface area (Å²) in [5, 5.41) is 9.68. The van der Waals surface area contributed by atoms with Crippen LogP contribution in [-0.4, -0.2) is 40.3 Å². The van der Waals surface area contributed by atoms with Crippen molar-refractivity contribution in [3.05, 3.63) is 42.0 Å². The van der Waals surface area contributed by atoms with E-state index in [4.69, 9.17) is 9.47 Å². The van der Waals surface area contributed by atoms with E-state index < -0.39 is 0 Å². The predicted octanol–water partition coefficient (Wildman–Crippen LogP) is 1.22. The summed E-state index contributed by atoms with van der Waals surface area (Å²) >= 11 is 0. The number of hydrogen-bond acceptors (Lipinski definition) is 5. The summed E-state index contributed by atoms with van der Waals surface area (Å²) in [5.41, 5.74) is 0. The Bertz CT molecular complexity index is 623. The van der Waals surface area contributed by atoms with Crippen LogP contribution < -0.4 is 10.1 Å². The van der Waals surface area contributed by atoms with Gasteiger partial charge in [0, 0.05) is 13.2 Å². The maximum absolute atomic E-state index is 11.9. The number of H-pyrrole nitrogens is 1. The number of carbonyl (C=O) groups is 1. The van der Waals surface area contributed by atoms with Gasteiger partial charge < -0.3 is 14.8 Å². The van der Waals surface area contributed by atoms with Crippen LogP contribution in [0.2, 0.25) is 0 Å². The van der Waals surface area contributed by atoms with E-state index in [2.05, 4.69) is 20.5 Å². The van der Waals surface area contributed by atoms with Gasteiger partial charge in [-0.2, -0.15) is 5.10 Å². The zero-order valence-electron chi connectivity index (χ0n) is 12.8. The average Bonchev–Trinajstić information content (AvgIpc) is 3.24. The molecule has 2 aromatic rings. The van der Waals surface area contributed by atoms with Gasteiger partial charge in [0.25, 0.3) is 0 Å². The van der Waals surface area contributed by atoms with E-state index in [1.54, 1.807) is 0 Å². The smallest absolute Gasteiger partial charge is 0.227 e. The average molecular weight is 316 g/mol. The molecule has 0 bridgehead atoms. The van der Waals surface area contributed by atoms with Gasteiger partial charge in [0.15, 0.2) is 11.6 Å². The van der Waals surface area contributed by atoms with E-state index in [1.165, 1.54) is 0 Å². The summed E-state index contributed by atoms with van der Waals surface area (Å²) in [6.45, 7) is 1.62. The molecule has 7 nitrogen and oxygen atoms in total. The molecule has 1 aromatic carbocycles. The maximum Gasteiger partial charge on any atom is 0.227 e. The summed E-state index contributed by atoms with van der Waals surface area (Å²) in [6, 6.07) is 9.47. The summed E-state index contributed by atoms with van der Waals surface area (Å²) in [7, 11) is 0. The lowest BCUT2D eigenvalue weighted by Gasteiger charge is -2.09. The molecule has 2 N–H and O–H groups in total. The topological polar surface area (TPSA) is 89.1 Å². The molecule has 0 spiro atoms. The van der Waals surface area contributed by atoms with E-state index in [0.717, 1.165) is 25.2 Å². The number of rotatable bonds is 7. The molecule has 1 aliphatic rings. The van der Waals surface area contributed by atoms with Crippen LogP contribution in [0.3, 0.4) is 0 Å². The van der Waals surface area contributed by atoms with Crippen molar-refractivity contribution in [2.45, 2.75) is 32.0 Å². The van der Waals surface area contributed by atoms with Crippen molar-refractivity contribution >= 4 is 5.91 Å². The van der Waals surface area contributed by atoms with Crippen molar-refractivity contribution in [2.75, 3.05) is 13.2 Å². The van der Waals surface area contributed by atoms with Gasteiger partial charge in [-0.3, -0.25) is 9.89 Å². The zero-order valence-corrected chi connectivity index (χ0v) is 12.8. The second-order valence-corrected chi connectivity index (χ2v) is 5.42. The van der Waals surface area contributed by atoms with Gasteiger partial charge in [0.2, 0.25) is 5.91 Å². The Labute approximate surface area is 134 Å². The number of ether oxygens (including phenoxy) is 2. The summed E-state index contributed by atoms with van der Waals surface area (Å²) in [4.78, 5) is 16.1. The molecule has 122 valence electrons. The monoisotopic (exact) mass is 316 g/mol. The first-order valence-corrected chi connectivity index (χ1v) is 7.76. The highest BCUT2D eigenvalue weighted by molar-refractivity contribution is 5.77. The maximum atomic E-state index is 11.9. The van der Waals surface area contributed by atoms with E-state index in [0.29, 0.717) is 18.2 Å². The third-order valence-electron chi connectivity index (χ3n) is 3.57. The Kier molecular flexibility index (Phi) is 5.21. The van der Waals surface area contributed by atoms with Crippen LogP contribution in [0.25, 0.3) is 0 Å². The summed E-state index contributed by atoms with van der Waals surface area (Å²) in [5.74, 6) is 1.71. The Morgan fingerprint density at radius 3 is 3.04 bits per heavy atom. The molecule has 1 atom stereocenters. The summed E-state index contributed by atoms with van der Waals surface area (Å²) < 4.78 is 11.0. The normalized spacial score (nSPS) is 17.1. The van der Waals surface area contributed by atoms with Crippen LogP contribution in [-0.2, 0) is 22.6 Å². The van der Waals surface area contributed by atoms with Crippen molar-refractivity contribution in [2.24, 2.45) is 0 Å². The number of para-hydroxylation sites is 1.